The zero-order valence-electron chi connectivity index (χ0n) is 14.8. The Balaban J connectivity index is 5.32. The summed E-state index contributed by atoms with van der Waals surface area (Å²) >= 11 is 0. The lowest BCUT2D eigenvalue weighted by molar-refractivity contribution is -0.169. The predicted octanol–water partition coefficient (Wildman–Crippen LogP) is 4.81. The van der Waals surface area contributed by atoms with Gasteiger partial charge >= 0.3 is 11.9 Å². The van der Waals surface area contributed by atoms with Gasteiger partial charge in [-0.25, -0.2) is 0 Å². The van der Waals surface area contributed by atoms with Crippen LogP contribution in [0.3, 0.4) is 0 Å². The highest BCUT2D eigenvalue weighted by Crippen LogP contribution is 2.41. The fourth-order valence-electron chi connectivity index (χ4n) is 3.19. The Kier molecular flexibility index (Phi) is 10.9. The van der Waals surface area contributed by atoms with Gasteiger partial charge in [0.15, 0.2) is 0 Å². The zero-order chi connectivity index (χ0) is 17.0. The molecule has 0 aliphatic carbocycles. The first-order valence-electron chi connectivity index (χ1n) is 8.90. The molecule has 0 saturated heterocycles. The fourth-order valence-corrected chi connectivity index (χ4v) is 3.19. The van der Waals surface area contributed by atoms with Crippen LogP contribution in [0.25, 0.3) is 0 Å². The second-order valence-corrected chi connectivity index (χ2v) is 6.07. The number of esters is 1. The monoisotopic (exact) mass is 314 g/mol. The molecule has 0 fully saturated rings. The average Bonchev–Trinajstić information content (AvgIpc) is 2.49. The molecule has 2 atom stereocenters. The van der Waals surface area contributed by atoms with Gasteiger partial charge < -0.3 is 9.84 Å². The summed E-state index contributed by atoms with van der Waals surface area (Å²) < 4.78 is 5.26. The molecule has 0 aromatic carbocycles. The van der Waals surface area contributed by atoms with Crippen LogP contribution in [-0.2, 0) is 14.3 Å². The molecule has 0 radical (unpaired) electrons. The van der Waals surface area contributed by atoms with E-state index < -0.39 is 17.3 Å². The number of aliphatic carboxylic acids is 1. The molecule has 4 heteroatoms. The maximum absolute atomic E-state index is 12.6. The molecule has 0 rings (SSSR count). The highest BCUT2D eigenvalue weighted by atomic mass is 16.5. The van der Waals surface area contributed by atoms with Crippen LogP contribution in [0.15, 0.2) is 0 Å². The lowest BCUT2D eigenvalue weighted by Gasteiger charge is -2.36. The maximum Gasteiger partial charge on any atom is 0.312 e. The third kappa shape index (κ3) is 5.98. The van der Waals surface area contributed by atoms with Crippen LogP contribution in [0.1, 0.15) is 85.5 Å². The highest BCUT2D eigenvalue weighted by molar-refractivity contribution is 5.84. The van der Waals surface area contributed by atoms with Crippen molar-refractivity contribution in [2.75, 3.05) is 6.61 Å². The number of carbonyl (C=O) groups is 2. The van der Waals surface area contributed by atoms with E-state index in [4.69, 9.17) is 4.74 Å². The van der Waals surface area contributed by atoms with Gasteiger partial charge in [-0.2, -0.15) is 0 Å². The Morgan fingerprint density at radius 3 is 2.05 bits per heavy atom. The second-order valence-electron chi connectivity index (χ2n) is 6.07. The van der Waals surface area contributed by atoms with E-state index in [2.05, 4.69) is 13.8 Å². The molecule has 130 valence electrons. The minimum Gasteiger partial charge on any atom is -0.481 e. The van der Waals surface area contributed by atoms with Crippen molar-refractivity contribution < 1.29 is 19.4 Å². The first kappa shape index (κ1) is 20.9. The largest absolute Gasteiger partial charge is 0.481 e. The van der Waals surface area contributed by atoms with Crippen LogP contribution in [0.5, 0.6) is 0 Å². The number of unbranched alkanes of at least 4 members (excludes halogenated alkanes) is 4. The Morgan fingerprint density at radius 1 is 1.00 bits per heavy atom. The van der Waals surface area contributed by atoms with Crippen molar-refractivity contribution in [1.29, 1.82) is 0 Å². The van der Waals surface area contributed by atoms with Gasteiger partial charge in [0.1, 0.15) is 0 Å². The maximum atomic E-state index is 12.6. The summed E-state index contributed by atoms with van der Waals surface area (Å²) in [4.78, 5) is 24.4. The van der Waals surface area contributed by atoms with E-state index in [1.165, 1.54) is 0 Å². The number of carboxylic acids is 1. The third-order valence-corrected chi connectivity index (χ3v) is 4.60. The molecule has 2 unspecified atom stereocenters. The van der Waals surface area contributed by atoms with Crippen molar-refractivity contribution in [2.45, 2.75) is 85.5 Å². The molecule has 4 nitrogen and oxygen atoms in total. The number of carboxylic acid groups (broad SMARTS) is 1. The van der Waals surface area contributed by atoms with Crippen LogP contribution in [0, 0.1) is 11.3 Å². The fraction of sp³-hybridized carbons (Fsp3) is 0.889. The third-order valence-electron chi connectivity index (χ3n) is 4.60. The SMILES string of the molecule is CCCCCC(C(=O)O)C(CC)(CCCCC)C(=O)OCC. The number of ether oxygens (including phenoxy) is 1. The van der Waals surface area contributed by atoms with Crippen LogP contribution in [0.4, 0.5) is 0 Å². The minimum atomic E-state index is -0.870. The van der Waals surface area contributed by atoms with Gasteiger partial charge in [0, 0.05) is 0 Å². The Bertz CT molecular complexity index is 327. The molecule has 0 bridgehead atoms. The van der Waals surface area contributed by atoms with Crippen molar-refractivity contribution in [3.63, 3.8) is 0 Å². The van der Waals surface area contributed by atoms with Crippen molar-refractivity contribution in [3.05, 3.63) is 0 Å². The smallest absolute Gasteiger partial charge is 0.312 e. The topological polar surface area (TPSA) is 63.6 Å². The molecule has 0 amide bonds. The predicted molar refractivity (Wildman–Crippen MR) is 88.8 cm³/mol. The zero-order valence-corrected chi connectivity index (χ0v) is 14.8. The molecule has 1 N–H and O–H groups in total. The Labute approximate surface area is 135 Å². The molecule has 0 heterocycles. The quantitative estimate of drug-likeness (QED) is 0.391. The van der Waals surface area contributed by atoms with E-state index in [0.29, 0.717) is 25.9 Å². The van der Waals surface area contributed by atoms with Gasteiger partial charge in [0.25, 0.3) is 0 Å². The Morgan fingerprint density at radius 2 is 1.59 bits per heavy atom. The summed E-state index contributed by atoms with van der Waals surface area (Å²) in [5.41, 5.74) is -0.870. The second kappa shape index (κ2) is 11.5. The molecule has 22 heavy (non-hydrogen) atoms. The van der Waals surface area contributed by atoms with Crippen molar-refractivity contribution in [2.24, 2.45) is 11.3 Å². The van der Waals surface area contributed by atoms with Crippen molar-refractivity contribution in [3.8, 4) is 0 Å². The van der Waals surface area contributed by atoms with Crippen LogP contribution < -0.4 is 0 Å². The summed E-state index contributed by atoms with van der Waals surface area (Å²) in [6, 6.07) is 0. The summed E-state index contributed by atoms with van der Waals surface area (Å²) in [5, 5.41) is 9.71. The van der Waals surface area contributed by atoms with Gasteiger partial charge in [-0.1, -0.05) is 59.3 Å². The molecular weight excluding hydrogens is 280 g/mol. The van der Waals surface area contributed by atoms with Crippen molar-refractivity contribution in [1.82, 2.24) is 0 Å². The summed E-state index contributed by atoms with van der Waals surface area (Å²) in [6.45, 7) is 8.19. The van der Waals surface area contributed by atoms with Gasteiger partial charge in [-0.3, -0.25) is 9.59 Å². The molecule has 0 aliphatic rings. The lowest BCUT2D eigenvalue weighted by Crippen LogP contribution is -2.43. The van der Waals surface area contributed by atoms with Crippen molar-refractivity contribution >= 4 is 11.9 Å². The van der Waals surface area contributed by atoms with Crippen LogP contribution >= 0.6 is 0 Å². The number of hydrogen-bond donors (Lipinski definition) is 1. The van der Waals surface area contributed by atoms with Crippen LogP contribution in [0.2, 0.25) is 0 Å². The first-order chi connectivity index (χ1) is 10.5. The summed E-state index contributed by atoms with van der Waals surface area (Å²) in [7, 11) is 0. The normalized spacial score (nSPS) is 15.1. The van der Waals surface area contributed by atoms with Gasteiger partial charge in [0.2, 0.25) is 0 Å². The van der Waals surface area contributed by atoms with E-state index in [-0.39, 0.29) is 5.97 Å². The van der Waals surface area contributed by atoms with E-state index in [1.807, 2.05) is 6.92 Å². The van der Waals surface area contributed by atoms with E-state index in [9.17, 15) is 14.7 Å². The summed E-state index contributed by atoms with van der Waals surface area (Å²) in [5.74, 6) is -1.82. The first-order valence-corrected chi connectivity index (χ1v) is 8.90. The highest BCUT2D eigenvalue weighted by Gasteiger charge is 2.48. The number of hydrogen-bond acceptors (Lipinski definition) is 3. The molecule has 0 spiro atoms. The van der Waals surface area contributed by atoms with E-state index in [0.717, 1.165) is 38.5 Å². The van der Waals surface area contributed by atoms with Gasteiger partial charge in [-0.15, -0.1) is 0 Å². The number of rotatable bonds is 13. The van der Waals surface area contributed by atoms with Crippen LogP contribution in [-0.4, -0.2) is 23.7 Å². The van der Waals surface area contributed by atoms with E-state index >= 15 is 0 Å². The average molecular weight is 314 g/mol. The molecular formula is C18H34O4. The minimum absolute atomic E-state index is 0.301. The Hall–Kier alpha value is -1.06. The standard InChI is InChI=1S/C18H34O4/c1-5-9-11-13-15(16(19)20)18(7-3,14-12-10-6-2)17(21)22-8-4/h15H,5-14H2,1-4H3,(H,19,20). The van der Waals surface area contributed by atoms with E-state index in [1.54, 1.807) is 6.92 Å². The van der Waals surface area contributed by atoms with Gasteiger partial charge in [0.05, 0.1) is 17.9 Å². The molecule has 0 aromatic heterocycles. The lowest BCUT2D eigenvalue weighted by atomic mass is 9.68. The summed E-state index contributed by atoms with van der Waals surface area (Å²) in [6.07, 6.45) is 7.53. The number of carbonyl (C=O) groups excluding carboxylic acids is 1. The van der Waals surface area contributed by atoms with Gasteiger partial charge in [-0.05, 0) is 26.2 Å². The molecule has 0 saturated carbocycles. The molecule has 0 aliphatic heterocycles. The molecule has 0 aromatic rings.